The number of ether oxygens (including phenoxy) is 3. The summed E-state index contributed by atoms with van der Waals surface area (Å²) >= 11 is 0. The Bertz CT molecular complexity index is 1900. The number of H-pyrrole nitrogens is 1. The number of halogens is 2. The maximum atomic E-state index is 13.5. The average molecular weight is 618 g/mol. The summed E-state index contributed by atoms with van der Waals surface area (Å²) in [4.78, 5) is 34.9. The highest BCUT2D eigenvalue weighted by atomic mass is 32.2. The zero-order valence-corrected chi connectivity index (χ0v) is 24.8. The fraction of sp³-hybridized carbons (Fsp3) is 0.357. The molecule has 0 saturated heterocycles. The molecule has 0 radical (unpaired) electrons. The summed E-state index contributed by atoms with van der Waals surface area (Å²) in [5.41, 5.74) is -0.205. The summed E-state index contributed by atoms with van der Waals surface area (Å²) < 4.78 is 68.9. The number of methoxy groups -OCH3 is 1. The number of likely N-dealkylation sites (N-methyl/N-ethyl adjacent to an activating group) is 1. The van der Waals surface area contributed by atoms with E-state index in [0.717, 1.165) is 4.68 Å². The van der Waals surface area contributed by atoms with Crippen molar-refractivity contribution >= 4 is 32.5 Å². The van der Waals surface area contributed by atoms with E-state index < -0.39 is 39.6 Å². The number of nitrogens with one attached hydrogen (secondary N) is 1. The van der Waals surface area contributed by atoms with Crippen LogP contribution >= 0.6 is 0 Å². The van der Waals surface area contributed by atoms with E-state index in [1.165, 1.54) is 48.7 Å². The summed E-state index contributed by atoms with van der Waals surface area (Å²) in [7, 11) is -2.43. The van der Waals surface area contributed by atoms with E-state index in [-0.39, 0.29) is 56.9 Å². The second kappa shape index (κ2) is 10.6. The number of sulfone groups is 1. The minimum absolute atomic E-state index is 0.0488. The molecule has 0 bridgehead atoms. The van der Waals surface area contributed by atoms with Crippen LogP contribution in [0.4, 0.5) is 14.5 Å². The van der Waals surface area contributed by atoms with Gasteiger partial charge >= 0.3 is 6.29 Å². The number of anilines is 1. The highest BCUT2D eigenvalue weighted by Gasteiger charge is 2.43. The number of hydrogen-bond acceptors (Lipinski definition) is 9. The monoisotopic (exact) mass is 617 g/mol. The number of fused-ring (bicyclic) bond motifs is 2. The third kappa shape index (κ3) is 5.89. The molecule has 0 fully saturated rings. The molecule has 0 spiro atoms. The van der Waals surface area contributed by atoms with Gasteiger partial charge in [-0.05, 0) is 42.7 Å². The number of imidazole rings is 1. The molecule has 1 aliphatic rings. The first-order chi connectivity index (χ1) is 20.1. The summed E-state index contributed by atoms with van der Waals surface area (Å²) in [6.45, 7) is 6.71. The van der Waals surface area contributed by atoms with Crippen LogP contribution in [0.2, 0.25) is 0 Å². The Labute approximate surface area is 245 Å². The molecule has 1 N–H and O–H groups in total. The maximum absolute atomic E-state index is 13.5. The van der Waals surface area contributed by atoms with Crippen LogP contribution in [-0.2, 0) is 21.2 Å². The number of carbonyl (C=O) groups is 1. The summed E-state index contributed by atoms with van der Waals surface area (Å²) in [5, 5.41) is 4.42. The molecule has 0 atom stereocenters. The number of benzene rings is 2. The zero-order chi connectivity index (χ0) is 31.3. The molecule has 15 heteroatoms. The van der Waals surface area contributed by atoms with Crippen LogP contribution in [-0.4, -0.2) is 59.8 Å². The third-order valence-corrected chi connectivity index (χ3v) is 8.76. The Morgan fingerprint density at radius 2 is 1.86 bits per heavy atom. The lowest BCUT2D eigenvalue weighted by atomic mass is 10.0. The predicted octanol–water partition coefficient (Wildman–Crippen LogP) is 3.99. The lowest BCUT2D eigenvalue weighted by Gasteiger charge is -2.22. The summed E-state index contributed by atoms with van der Waals surface area (Å²) in [6.07, 6.45) is -2.52. The van der Waals surface area contributed by atoms with Crippen molar-refractivity contribution < 1.29 is 36.2 Å². The van der Waals surface area contributed by atoms with Gasteiger partial charge in [-0.1, -0.05) is 20.8 Å². The van der Waals surface area contributed by atoms with E-state index >= 15 is 0 Å². The van der Waals surface area contributed by atoms with Crippen LogP contribution in [0.1, 0.15) is 27.7 Å². The van der Waals surface area contributed by atoms with Gasteiger partial charge < -0.3 is 24.1 Å². The van der Waals surface area contributed by atoms with E-state index in [2.05, 4.69) is 24.5 Å². The number of carbonyl (C=O) groups excluding carboxylic acids is 1. The van der Waals surface area contributed by atoms with Crippen LogP contribution in [0.3, 0.4) is 0 Å². The Kier molecular flexibility index (Phi) is 7.40. The second-order valence-corrected chi connectivity index (χ2v) is 13.0. The van der Waals surface area contributed by atoms with Crippen molar-refractivity contribution in [2.75, 3.05) is 24.3 Å². The minimum atomic E-state index is -3.82. The van der Waals surface area contributed by atoms with Gasteiger partial charge in [0.25, 0.3) is 5.56 Å². The van der Waals surface area contributed by atoms with E-state index in [1.54, 1.807) is 33.8 Å². The Balaban J connectivity index is 1.54. The molecule has 0 saturated carbocycles. The first kappa shape index (κ1) is 29.9. The van der Waals surface area contributed by atoms with Crippen LogP contribution in [0.25, 0.3) is 22.3 Å². The van der Waals surface area contributed by atoms with Gasteiger partial charge in [0.1, 0.15) is 33.9 Å². The van der Waals surface area contributed by atoms with E-state index in [9.17, 15) is 26.8 Å². The molecule has 4 aromatic rings. The van der Waals surface area contributed by atoms with Crippen LogP contribution < -0.4 is 24.7 Å². The van der Waals surface area contributed by atoms with Crippen LogP contribution in [0, 0.1) is 5.41 Å². The molecule has 2 aromatic carbocycles. The Morgan fingerprint density at radius 1 is 1.14 bits per heavy atom. The fourth-order valence-corrected chi connectivity index (χ4v) is 6.88. The molecular formula is C28H29F2N5O7S. The van der Waals surface area contributed by atoms with Crippen molar-refractivity contribution in [2.45, 2.75) is 45.4 Å². The quantitative estimate of drug-likeness (QED) is 0.310. The highest BCUT2D eigenvalue weighted by molar-refractivity contribution is 7.91. The number of amides is 1. The van der Waals surface area contributed by atoms with Gasteiger partial charge in [0.05, 0.1) is 19.2 Å². The zero-order valence-electron chi connectivity index (χ0n) is 24.0. The van der Waals surface area contributed by atoms with Crippen LogP contribution in [0.5, 0.6) is 17.2 Å². The molecule has 0 unspecified atom stereocenters. The molecule has 3 heterocycles. The predicted molar refractivity (Wildman–Crippen MR) is 152 cm³/mol. The largest absolute Gasteiger partial charge is 0.586 e. The molecular weight excluding hydrogens is 588 g/mol. The minimum Gasteiger partial charge on any atom is -0.495 e. The van der Waals surface area contributed by atoms with Crippen molar-refractivity contribution in [1.29, 1.82) is 0 Å². The molecule has 2 aromatic heterocycles. The fourth-order valence-electron chi connectivity index (χ4n) is 4.82. The van der Waals surface area contributed by atoms with Gasteiger partial charge in [-0.25, -0.2) is 18.1 Å². The standard InChI is InChI=1S/C28H29F2N5O7S/c1-6-34(17-8-10-18-20(12-17)42-28(29,30)41-18)22(36)13-35-26(37)25-24(31-15-32-25)23(33-35)16-7-9-19(40-5)21(11-16)43(38,39)14-27(2,3)4/h7-12,15H,6,13-14H2,1-5H3,(H,31,32). The lowest BCUT2D eigenvalue weighted by molar-refractivity contribution is -0.286. The molecule has 1 aliphatic heterocycles. The number of aromatic amines is 1. The van der Waals surface area contributed by atoms with E-state index in [0.29, 0.717) is 5.56 Å². The van der Waals surface area contributed by atoms with Crippen molar-refractivity contribution in [2.24, 2.45) is 5.41 Å². The van der Waals surface area contributed by atoms with Crippen molar-refractivity contribution in [1.82, 2.24) is 19.7 Å². The number of hydrogen-bond donors (Lipinski definition) is 1. The molecule has 12 nitrogen and oxygen atoms in total. The first-order valence-corrected chi connectivity index (χ1v) is 14.8. The van der Waals surface area contributed by atoms with Gasteiger partial charge in [0.2, 0.25) is 5.91 Å². The number of alkyl halides is 2. The van der Waals surface area contributed by atoms with Crippen LogP contribution in [0.15, 0.2) is 52.4 Å². The molecule has 228 valence electrons. The van der Waals surface area contributed by atoms with Crippen molar-refractivity contribution in [3.63, 3.8) is 0 Å². The topological polar surface area (TPSA) is 146 Å². The summed E-state index contributed by atoms with van der Waals surface area (Å²) in [6, 6.07) is 8.41. The van der Waals surface area contributed by atoms with Crippen molar-refractivity contribution in [3.8, 4) is 28.5 Å². The van der Waals surface area contributed by atoms with Crippen molar-refractivity contribution in [3.05, 3.63) is 53.1 Å². The Morgan fingerprint density at radius 3 is 2.53 bits per heavy atom. The molecule has 43 heavy (non-hydrogen) atoms. The molecule has 5 rings (SSSR count). The smallest absolute Gasteiger partial charge is 0.495 e. The van der Waals surface area contributed by atoms with Gasteiger partial charge in [0, 0.05) is 23.9 Å². The Hall–Kier alpha value is -4.53. The van der Waals surface area contributed by atoms with Gasteiger partial charge in [-0.3, -0.25) is 9.59 Å². The summed E-state index contributed by atoms with van der Waals surface area (Å²) in [5.74, 6) is -0.982. The lowest BCUT2D eigenvalue weighted by Crippen LogP contribution is -2.37. The first-order valence-electron chi connectivity index (χ1n) is 13.2. The SMILES string of the molecule is CCN(C(=O)Cn1nc(-c2ccc(OC)c(S(=O)(=O)CC(C)(C)C)c2)c2nc[nH]c2c1=O)c1ccc2c(c1)OC(F)(F)O2. The van der Waals surface area contributed by atoms with Gasteiger partial charge in [0.15, 0.2) is 21.3 Å². The highest BCUT2D eigenvalue weighted by Crippen LogP contribution is 2.43. The third-order valence-electron chi connectivity index (χ3n) is 6.53. The molecule has 1 amide bonds. The normalized spacial score (nSPS) is 14.2. The number of nitrogens with zero attached hydrogens (tertiary/aromatic N) is 4. The van der Waals surface area contributed by atoms with E-state index in [1.807, 2.05) is 0 Å². The number of rotatable bonds is 8. The maximum Gasteiger partial charge on any atom is 0.586 e. The van der Waals surface area contributed by atoms with E-state index in [4.69, 9.17) is 4.74 Å². The average Bonchev–Trinajstić information content (AvgIpc) is 3.52. The number of aromatic nitrogens is 4. The van der Waals surface area contributed by atoms with Gasteiger partial charge in [-0.2, -0.15) is 5.10 Å². The second-order valence-electron chi connectivity index (χ2n) is 11.1. The van der Waals surface area contributed by atoms with Gasteiger partial charge in [-0.15, -0.1) is 8.78 Å². The molecule has 0 aliphatic carbocycles.